The number of urea groups is 1. The molecule has 0 aromatic heterocycles. The highest BCUT2D eigenvalue weighted by molar-refractivity contribution is 6.19. The van der Waals surface area contributed by atoms with Crippen LogP contribution in [0.1, 0.15) is 17.3 Å². The molecule has 1 aromatic rings. The lowest BCUT2D eigenvalue weighted by molar-refractivity contribution is -0.152. The van der Waals surface area contributed by atoms with E-state index in [0.717, 1.165) is 4.90 Å². The van der Waals surface area contributed by atoms with Crippen LogP contribution in [0, 0.1) is 0 Å². The van der Waals surface area contributed by atoms with Crippen LogP contribution < -0.4 is 0 Å². The smallest absolute Gasteiger partial charge is 0.334 e. The average Bonchev–Trinajstić information content (AvgIpc) is 2.81. The number of hydrogen-bond donors (Lipinski definition) is 1. The van der Waals surface area contributed by atoms with Crippen LogP contribution in [0.15, 0.2) is 30.3 Å². The predicted octanol–water partition coefficient (Wildman–Crippen LogP) is 0.0150. The number of benzene rings is 1. The monoisotopic (exact) mass is 320 g/mol. The molecule has 0 aliphatic carbocycles. The van der Waals surface area contributed by atoms with Gasteiger partial charge in [0, 0.05) is 5.56 Å². The van der Waals surface area contributed by atoms with Crippen molar-refractivity contribution in [3.05, 3.63) is 35.9 Å². The zero-order valence-electron chi connectivity index (χ0n) is 12.5. The van der Waals surface area contributed by atoms with Crippen molar-refractivity contribution in [1.82, 2.24) is 9.80 Å². The maximum absolute atomic E-state index is 12.2. The van der Waals surface area contributed by atoms with Crippen LogP contribution in [0.2, 0.25) is 0 Å². The van der Waals surface area contributed by atoms with Crippen LogP contribution >= 0.6 is 0 Å². The highest BCUT2D eigenvalue weighted by Crippen LogP contribution is 2.14. The molecule has 122 valence electrons. The molecule has 2 rings (SSSR count). The number of imide groups is 3. The number of rotatable bonds is 5. The van der Waals surface area contributed by atoms with Gasteiger partial charge in [0.25, 0.3) is 11.8 Å². The maximum Gasteiger partial charge on any atom is 0.334 e. The summed E-state index contributed by atoms with van der Waals surface area (Å²) < 4.78 is 4.73. The molecule has 1 fully saturated rings. The number of esters is 1. The molecule has 1 N–H and O–H groups in total. The second kappa shape index (κ2) is 7.01. The lowest BCUT2D eigenvalue weighted by Gasteiger charge is -2.16. The highest BCUT2D eigenvalue weighted by atomic mass is 16.5. The zero-order valence-corrected chi connectivity index (χ0v) is 12.5. The summed E-state index contributed by atoms with van der Waals surface area (Å²) >= 11 is 0. The molecule has 0 spiro atoms. The van der Waals surface area contributed by atoms with Crippen LogP contribution in [0.4, 0.5) is 4.79 Å². The number of nitrogens with zero attached hydrogens (tertiary/aromatic N) is 2. The quantitative estimate of drug-likeness (QED) is 0.466. The molecular formula is C15H16N2O6. The fourth-order valence-electron chi connectivity index (χ4n) is 2.01. The molecule has 1 aliphatic rings. The van der Waals surface area contributed by atoms with Crippen molar-refractivity contribution in [2.24, 2.45) is 0 Å². The topological polar surface area (TPSA) is 104 Å². The van der Waals surface area contributed by atoms with Crippen LogP contribution in [0.3, 0.4) is 0 Å². The second-order valence-corrected chi connectivity index (χ2v) is 4.95. The molecule has 1 aliphatic heterocycles. The summed E-state index contributed by atoms with van der Waals surface area (Å²) in [6.45, 7) is 0.786. The molecular weight excluding hydrogens is 304 g/mol. The molecule has 1 atom stereocenters. The van der Waals surface area contributed by atoms with E-state index in [4.69, 9.17) is 9.84 Å². The lowest BCUT2D eigenvalue weighted by Crippen LogP contribution is -2.39. The van der Waals surface area contributed by atoms with Crippen LogP contribution in [0.25, 0.3) is 0 Å². The van der Waals surface area contributed by atoms with Crippen molar-refractivity contribution in [2.45, 2.75) is 13.0 Å². The average molecular weight is 320 g/mol. The summed E-state index contributed by atoms with van der Waals surface area (Å²) in [5.74, 6) is -2.14. The van der Waals surface area contributed by atoms with Crippen molar-refractivity contribution >= 4 is 23.8 Å². The molecule has 0 bridgehead atoms. The molecule has 1 aromatic carbocycles. The molecule has 4 amide bonds. The lowest BCUT2D eigenvalue weighted by atomic mass is 10.2. The Hall–Kier alpha value is -2.74. The van der Waals surface area contributed by atoms with E-state index in [0.29, 0.717) is 4.90 Å². The van der Waals surface area contributed by atoms with Crippen molar-refractivity contribution in [2.75, 3.05) is 19.7 Å². The van der Waals surface area contributed by atoms with Gasteiger partial charge >= 0.3 is 12.0 Å². The minimum absolute atomic E-state index is 0.0401. The van der Waals surface area contributed by atoms with Crippen LogP contribution in [-0.4, -0.2) is 64.5 Å². The highest BCUT2D eigenvalue weighted by Gasteiger charge is 2.40. The van der Waals surface area contributed by atoms with Gasteiger partial charge in [-0.15, -0.1) is 0 Å². The molecule has 1 saturated heterocycles. The molecule has 23 heavy (non-hydrogen) atoms. The third-order valence-electron chi connectivity index (χ3n) is 3.21. The summed E-state index contributed by atoms with van der Waals surface area (Å²) in [4.78, 5) is 49.1. The van der Waals surface area contributed by atoms with E-state index in [1.807, 2.05) is 0 Å². The van der Waals surface area contributed by atoms with Gasteiger partial charge in [0.05, 0.1) is 6.54 Å². The summed E-state index contributed by atoms with van der Waals surface area (Å²) in [6.07, 6.45) is -1.26. The van der Waals surface area contributed by atoms with Crippen molar-refractivity contribution in [1.29, 1.82) is 0 Å². The summed E-state index contributed by atoms with van der Waals surface area (Å²) in [7, 11) is 0. The Bertz CT molecular complexity index is 628. The minimum atomic E-state index is -1.26. The molecule has 1 unspecified atom stereocenters. The number of carbonyl (C=O) groups is 4. The van der Waals surface area contributed by atoms with Gasteiger partial charge in [0.15, 0.2) is 0 Å². The maximum atomic E-state index is 12.2. The Morgan fingerprint density at radius 1 is 1.26 bits per heavy atom. The van der Waals surface area contributed by atoms with Gasteiger partial charge in [-0.2, -0.15) is 4.90 Å². The standard InChI is InChI=1S/C15H16N2O6/c1-10(18)14(21)23-8-7-16-9-12(19)17(15(16)22)13(20)11-5-3-2-4-6-11/h2-6,10,18H,7-9H2,1H3. The third-order valence-corrected chi connectivity index (χ3v) is 3.21. The second-order valence-electron chi connectivity index (χ2n) is 4.95. The SMILES string of the molecule is CC(O)C(=O)OCCN1CC(=O)N(C(=O)c2ccccc2)C1=O. The number of aliphatic hydroxyl groups is 1. The van der Waals surface area contributed by atoms with Crippen molar-refractivity contribution in [3.63, 3.8) is 0 Å². The first-order valence-electron chi connectivity index (χ1n) is 6.97. The predicted molar refractivity (Wildman–Crippen MR) is 77.2 cm³/mol. The van der Waals surface area contributed by atoms with E-state index in [9.17, 15) is 19.2 Å². The number of aliphatic hydroxyl groups excluding tert-OH is 1. The van der Waals surface area contributed by atoms with Gasteiger partial charge in [0.1, 0.15) is 19.3 Å². The largest absolute Gasteiger partial charge is 0.462 e. The third kappa shape index (κ3) is 3.72. The molecule has 8 heteroatoms. The van der Waals surface area contributed by atoms with E-state index in [1.54, 1.807) is 18.2 Å². The van der Waals surface area contributed by atoms with E-state index < -0.39 is 29.9 Å². The zero-order chi connectivity index (χ0) is 17.0. The van der Waals surface area contributed by atoms with Crippen LogP contribution in [0.5, 0.6) is 0 Å². The number of carbonyl (C=O) groups excluding carboxylic acids is 4. The Morgan fingerprint density at radius 2 is 1.91 bits per heavy atom. The van der Waals surface area contributed by atoms with Gasteiger partial charge in [0.2, 0.25) is 0 Å². The first kappa shape index (κ1) is 16.6. The summed E-state index contributed by atoms with van der Waals surface area (Å²) in [5, 5.41) is 8.99. The fraction of sp³-hybridized carbons (Fsp3) is 0.333. The molecule has 8 nitrogen and oxygen atoms in total. The summed E-state index contributed by atoms with van der Waals surface area (Å²) in [6, 6.07) is 7.24. The van der Waals surface area contributed by atoms with E-state index in [2.05, 4.69) is 0 Å². The van der Waals surface area contributed by atoms with Crippen LogP contribution in [-0.2, 0) is 14.3 Å². The number of amides is 4. The summed E-state index contributed by atoms with van der Waals surface area (Å²) in [5.41, 5.74) is 0.233. The minimum Gasteiger partial charge on any atom is -0.462 e. The van der Waals surface area contributed by atoms with Gasteiger partial charge in [-0.25, -0.2) is 9.59 Å². The Morgan fingerprint density at radius 3 is 2.52 bits per heavy atom. The van der Waals surface area contributed by atoms with Crippen molar-refractivity contribution < 1.29 is 29.0 Å². The van der Waals surface area contributed by atoms with E-state index in [1.165, 1.54) is 19.1 Å². The van der Waals surface area contributed by atoms with Gasteiger partial charge in [-0.1, -0.05) is 18.2 Å². The Kier molecular flexibility index (Phi) is 5.07. The van der Waals surface area contributed by atoms with Crippen molar-refractivity contribution in [3.8, 4) is 0 Å². The molecule has 0 radical (unpaired) electrons. The normalized spacial score (nSPS) is 15.7. The number of hydrogen-bond acceptors (Lipinski definition) is 6. The van der Waals surface area contributed by atoms with E-state index in [-0.39, 0.29) is 25.3 Å². The number of ether oxygens (including phenoxy) is 1. The fourth-order valence-corrected chi connectivity index (χ4v) is 2.01. The molecule has 1 heterocycles. The van der Waals surface area contributed by atoms with E-state index >= 15 is 0 Å². The first-order valence-corrected chi connectivity index (χ1v) is 6.97. The first-order chi connectivity index (χ1) is 10.9. The molecule has 0 saturated carbocycles. The van der Waals surface area contributed by atoms with Gasteiger partial charge in [-0.05, 0) is 19.1 Å². The Balaban J connectivity index is 1.97. The van der Waals surface area contributed by atoms with Gasteiger partial charge in [-0.3, -0.25) is 9.59 Å². The Labute approximate surface area is 132 Å². The van der Waals surface area contributed by atoms with Gasteiger partial charge < -0.3 is 14.7 Å².